The number of nitrogens with zero attached hydrogens (tertiary/aromatic N) is 2. The zero-order chi connectivity index (χ0) is 25.6. The summed E-state index contributed by atoms with van der Waals surface area (Å²) in [5, 5.41) is 4.76. The molecule has 0 spiro atoms. The fraction of sp³-hybridized carbons (Fsp3) is 0.455. The van der Waals surface area contributed by atoms with E-state index in [-0.39, 0.29) is 48.7 Å². The highest BCUT2D eigenvalue weighted by atomic mass is 19.2. The summed E-state index contributed by atoms with van der Waals surface area (Å²) in [4.78, 5) is 53.1. The molecular weight excluding hydrogens is 450 g/mol. The van der Waals surface area contributed by atoms with Gasteiger partial charge in [-0.2, -0.15) is 0 Å². The van der Waals surface area contributed by atoms with Crippen molar-refractivity contribution < 1.29 is 18.4 Å². The average Bonchev–Trinajstić information content (AvgIpc) is 2.71. The van der Waals surface area contributed by atoms with Crippen molar-refractivity contribution in [1.29, 1.82) is 0 Å². The van der Waals surface area contributed by atoms with Crippen molar-refractivity contribution >= 4 is 29.0 Å². The Morgan fingerprint density at radius 2 is 1.76 bits per heavy atom. The molecule has 0 saturated heterocycles. The van der Waals surface area contributed by atoms with Gasteiger partial charge in [-0.25, -0.2) is 13.6 Å². The maximum atomic E-state index is 13.3. The number of H-pyrrole nitrogens is 1. The third-order valence-electron chi connectivity index (χ3n) is 4.65. The van der Waals surface area contributed by atoms with Gasteiger partial charge in [0.15, 0.2) is 11.6 Å². The first-order valence-electron chi connectivity index (χ1n) is 10.8. The van der Waals surface area contributed by atoms with Crippen LogP contribution in [0.25, 0.3) is 0 Å². The predicted octanol–water partition coefficient (Wildman–Crippen LogP) is 1.27. The van der Waals surface area contributed by atoms with Crippen LogP contribution in [-0.2, 0) is 16.1 Å². The van der Waals surface area contributed by atoms with E-state index in [0.29, 0.717) is 0 Å². The Bertz CT molecular complexity index is 1160. The molecule has 10 nitrogen and oxygen atoms in total. The Hall–Kier alpha value is -3.70. The van der Waals surface area contributed by atoms with Crippen LogP contribution in [0, 0.1) is 23.5 Å². The van der Waals surface area contributed by atoms with Crippen molar-refractivity contribution in [2.75, 3.05) is 35.6 Å². The fourth-order valence-corrected chi connectivity index (χ4v) is 3.29. The molecule has 34 heavy (non-hydrogen) atoms. The number of nitrogen functional groups attached to an aromatic ring is 1. The lowest BCUT2D eigenvalue weighted by atomic mass is 10.2. The Morgan fingerprint density at radius 3 is 2.35 bits per heavy atom. The Balaban J connectivity index is 2.15. The van der Waals surface area contributed by atoms with Gasteiger partial charge in [-0.3, -0.25) is 23.9 Å². The van der Waals surface area contributed by atoms with Crippen LogP contribution in [0.3, 0.4) is 0 Å². The van der Waals surface area contributed by atoms with E-state index in [1.807, 2.05) is 27.7 Å². The molecule has 12 heteroatoms. The van der Waals surface area contributed by atoms with Crippen LogP contribution in [0.4, 0.5) is 26.0 Å². The fourth-order valence-electron chi connectivity index (χ4n) is 3.29. The Labute approximate surface area is 195 Å². The SMILES string of the molecule is CC(C)CN(CC(=O)NCC(=O)Nc1ccc(F)c(F)c1)c1c(N)n(CC(C)C)c(=O)[nH]c1=O. The van der Waals surface area contributed by atoms with Crippen LogP contribution in [-0.4, -0.2) is 41.0 Å². The third-order valence-corrected chi connectivity index (χ3v) is 4.65. The summed E-state index contributed by atoms with van der Waals surface area (Å²) < 4.78 is 27.5. The van der Waals surface area contributed by atoms with Crippen LogP contribution in [0.2, 0.25) is 0 Å². The topological polar surface area (TPSA) is 142 Å². The lowest BCUT2D eigenvalue weighted by Gasteiger charge is -2.27. The van der Waals surface area contributed by atoms with Gasteiger partial charge in [0.1, 0.15) is 11.5 Å². The number of nitrogens with two attached hydrogens (primary N) is 1. The Kier molecular flexibility index (Phi) is 8.93. The van der Waals surface area contributed by atoms with Crippen LogP contribution < -0.4 is 32.5 Å². The summed E-state index contributed by atoms with van der Waals surface area (Å²) in [6.45, 7) is 7.36. The van der Waals surface area contributed by atoms with Gasteiger partial charge in [-0.15, -0.1) is 0 Å². The normalized spacial score (nSPS) is 11.1. The second-order valence-electron chi connectivity index (χ2n) is 8.73. The van der Waals surface area contributed by atoms with Crippen molar-refractivity contribution in [2.24, 2.45) is 11.8 Å². The largest absolute Gasteiger partial charge is 0.383 e. The maximum Gasteiger partial charge on any atom is 0.330 e. The third kappa shape index (κ3) is 7.15. The van der Waals surface area contributed by atoms with Crippen molar-refractivity contribution in [3.63, 3.8) is 0 Å². The van der Waals surface area contributed by atoms with E-state index in [1.54, 1.807) is 0 Å². The number of benzene rings is 1. The number of halogens is 2. The molecule has 0 fully saturated rings. The van der Waals surface area contributed by atoms with E-state index in [1.165, 1.54) is 15.5 Å². The predicted molar refractivity (Wildman–Crippen MR) is 126 cm³/mol. The molecule has 0 bridgehead atoms. The molecule has 2 rings (SSSR count). The lowest BCUT2D eigenvalue weighted by molar-refractivity contribution is -0.123. The van der Waals surface area contributed by atoms with Gasteiger partial charge >= 0.3 is 5.69 Å². The van der Waals surface area contributed by atoms with Crippen molar-refractivity contribution in [1.82, 2.24) is 14.9 Å². The summed E-state index contributed by atoms with van der Waals surface area (Å²) in [6.07, 6.45) is 0. The van der Waals surface area contributed by atoms with Gasteiger partial charge in [-0.05, 0) is 24.0 Å². The molecule has 2 aromatic rings. The molecule has 0 aliphatic rings. The number of anilines is 3. The molecule has 186 valence electrons. The van der Waals surface area contributed by atoms with Crippen molar-refractivity contribution in [3.8, 4) is 0 Å². The quantitative estimate of drug-likeness (QED) is 0.403. The van der Waals surface area contributed by atoms with Crippen LogP contribution in [0.15, 0.2) is 27.8 Å². The molecule has 1 aromatic heterocycles. The standard InChI is InChI=1S/C22H30F2N6O4/c1-12(2)9-29(19-20(25)30(10-13(3)4)22(34)28-21(19)33)11-18(32)26-8-17(31)27-14-5-6-15(23)16(24)7-14/h5-7,12-13H,8-11,25H2,1-4H3,(H,26,32)(H,27,31)(H,28,33,34). The molecule has 2 amide bonds. The lowest BCUT2D eigenvalue weighted by Crippen LogP contribution is -2.45. The van der Waals surface area contributed by atoms with E-state index in [9.17, 15) is 28.0 Å². The molecular formula is C22H30F2N6O4. The molecule has 0 radical (unpaired) electrons. The zero-order valence-electron chi connectivity index (χ0n) is 19.6. The number of hydrogen-bond donors (Lipinski definition) is 4. The first kappa shape index (κ1) is 26.6. The second-order valence-corrected chi connectivity index (χ2v) is 8.73. The van der Waals surface area contributed by atoms with Crippen LogP contribution >= 0.6 is 0 Å². The number of aromatic amines is 1. The number of rotatable bonds is 10. The number of aromatic nitrogens is 2. The minimum atomic E-state index is -1.12. The highest BCUT2D eigenvalue weighted by Gasteiger charge is 2.22. The number of nitrogens with one attached hydrogen (secondary N) is 3. The second kappa shape index (κ2) is 11.4. The monoisotopic (exact) mass is 480 g/mol. The summed E-state index contributed by atoms with van der Waals surface area (Å²) in [5.41, 5.74) is 4.84. The minimum absolute atomic E-state index is 0.00432. The first-order chi connectivity index (χ1) is 15.9. The summed E-state index contributed by atoms with van der Waals surface area (Å²) >= 11 is 0. The number of amides is 2. The van der Waals surface area contributed by atoms with Gasteiger partial charge in [0.05, 0.1) is 13.1 Å². The molecule has 0 aliphatic heterocycles. The highest BCUT2D eigenvalue weighted by molar-refractivity contribution is 5.95. The van der Waals surface area contributed by atoms with E-state index in [2.05, 4.69) is 15.6 Å². The molecule has 5 N–H and O–H groups in total. The maximum absolute atomic E-state index is 13.3. The highest BCUT2D eigenvalue weighted by Crippen LogP contribution is 2.19. The van der Waals surface area contributed by atoms with Gasteiger partial charge in [-0.1, -0.05) is 27.7 Å². The van der Waals surface area contributed by atoms with Crippen molar-refractivity contribution in [3.05, 3.63) is 50.7 Å². The summed E-state index contributed by atoms with van der Waals surface area (Å²) in [7, 11) is 0. The first-order valence-corrected chi connectivity index (χ1v) is 10.8. The van der Waals surface area contributed by atoms with Gasteiger partial charge in [0.25, 0.3) is 5.56 Å². The number of hydrogen-bond acceptors (Lipinski definition) is 6. The molecule has 1 heterocycles. The molecule has 0 atom stereocenters. The average molecular weight is 481 g/mol. The molecule has 0 unspecified atom stereocenters. The van der Waals surface area contributed by atoms with E-state index in [4.69, 9.17) is 5.73 Å². The van der Waals surface area contributed by atoms with Gasteiger partial charge in [0, 0.05) is 24.8 Å². The van der Waals surface area contributed by atoms with Crippen molar-refractivity contribution in [2.45, 2.75) is 34.2 Å². The van der Waals surface area contributed by atoms with Crippen LogP contribution in [0.1, 0.15) is 27.7 Å². The molecule has 0 aliphatic carbocycles. The number of carbonyl (C=O) groups is 2. The van der Waals surface area contributed by atoms with Gasteiger partial charge in [0.2, 0.25) is 11.8 Å². The van der Waals surface area contributed by atoms with E-state index < -0.39 is 41.2 Å². The van der Waals surface area contributed by atoms with Crippen LogP contribution in [0.5, 0.6) is 0 Å². The van der Waals surface area contributed by atoms with E-state index >= 15 is 0 Å². The summed E-state index contributed by atoms with van der Waals surface area (Å²) in [6, 6.07) is 2.87. The smallest absolute Gasteiger partial charge is 0.330 e. The zero-order valence-corrected chi connectivity index (χ0v) is 19.6. The molecule has 0 saturated carbocycles. The minimum Gasteiger partial charge on any atom is -0.383 e. The van der Waals surface area contributed by atoms with E-state index in [0.717, 1.165) is 12.1 Å². The summed E-state index contributed by atoms with van der Waals surface area (Å²) in [5.74, 6) is -3.34. The Morgan fingerprint density at radius 1 is 1.09 bits per heavy atom. The molecule has 1 aromatic carbocycles. The number of carbonyl (C=O) groups excluding carboxylic acids is 2. The van der Waals surface area contributed by atoms with Gasteiger partial charge < -0.3 is 21.3 Å².